The Morgan fingerprint density at radius 2 is 1.55 bits per heavy atom. The van der Waals surface area contributed by atoms with Gasteiger partial charge in [0, 0.05) is 11.8 Å². The van der Waals surface area contributed by atoms with Gasteiger partial charge in [-0.05, 0) is 52.7 Å². The maximum atomic E-state index is 11.6. The number of carbonyl (C=O) groups is 3. The predicted octanol–water partition coefficient (Wildman–Crippen LogP) is 3.05. The maximum Gasteiger partial charge on any atom is 1.00 e. The molecule has 0 unspecified atom stereocenters. The molecule has 0 aliphatic heterocycles. The average Bonchev–Trinajstić information content (AvgIpc) is 3.72. The number of amides is 1. The van der Waals surface area contributed by atoms with Gasteiger partial charge in [0.2, 0.25) is 0 Å². The number of alkyl carbamates (subject to hydrolysis) is 1. The van der Waals surface area contributed by atoms with E-state index in [1.165, 1.54) is 26.4 Å². The lowest BCUT2D eigenvalue weighted by molar-refractivity contribution is -0.145. The standard InChI is InChI=1S/C12H19NO4.C7H11NO2.C7H8O3S/c1-6-8-7-12(8,9(14)16-5)13-10(15)17-11(2,3)4;1-3-5-4-7(5,8)6(9)10-2;1-6-2-4-7(5-3-6)11(8,9)10/h6,8H,1,7H2,2-5H3,(H,13,15);3,5H,1,4,8H2,2H3;2-5H,1H3,(H,8,9,10)/p+1/t8-,12+;5-,7+;/m11./s1. The van der Waals surface area contributed by atoms with Gasteiger partial charge in [0.15, 0.2) is 0 Å². The molecule has 0 heterocycles. The van der Waals surface area contributed by atoms with Gasteiger partial charge in [-0.25, -0.2) is 9.59 Å². The second-order valence-corrected chi connectivity index (χ2v) is 11.4. The van der Waals surface area contributed by atoms with E-state index in [-0.39, 0.29) is 24.1 Å². The number of hydrogen-bond acceptors (Lipinski definition) is 9. The van der Waals surface area contributed by atoms with E-state index in [0.717, 1.165) is 5.56 Å². The number of ether oxygens (including phenoxy) is 3. The van der Waals surface area contributed by atoms with Gasteiger partial charge in [-0.1, -0.05) is 29.8 Å². The summed E-state index contributed by atoms with van der Waals surface area (Å²) in [7, 11) is -1.39. The highest BCUT2D eigenvalue weighted by Crippen LogP contribution is 2.45. The van der Waals surface area contributed by atoms with Crippen LogP contribution in [0.3, 0.4) is 0 Å². The zero-order chi connectivity index (χ0) is 29.5. The van der Waals surface area contributed by atoms with Gasteiger partial charge >= 0.3 is 19.5 Å². The molecule has 12 heteroatoms. The Hall–Kier alpha value is -3.22. The molecular formula is C26H39N2O9S+. The minimum absolute atomic E-state index is 0. The molecule has 0 radical (unpaired) electrons. The van der Waals surface area contributed by atoms with Crippen molar-refractivity contribution in [1.82, 2.24) is 5.32 Å². The van der Waals surface area contributed by atoms with Crippen LogP contribution in [0, 0.1) is 18.8 Å². The highest BCUT2D eigenvalue weighted by Gasteiger charge is 2.61. The number of aryl methyl sites for hydroxylation is 1. The summed E-state index contributed by atoms with van der Waals surface area (Å²) in [5.74, 6) is -0.784. The van der Waals surface area contributed by atoms with Crippen LogP contribution in [0.25, 0.3) is 0 Å². The van der Waals surface area contributed by atoms with Crippen LogP contribution in [0.2, 0.25) is 0 Å². The van der Waals surface area contributed by atoms with Gasteiger partial charge in [0.05, 0.1) is 19.1 Å². The molecule has 212 valence electrons. The summed E-state index contributed by atoms with van der Waals surface area (Å²) >= 11 is 0. The van der Waals surface area contributed by atoms with Gasteiger partial charge in [0.25, 0.3) is 10.1 Å². The van der Waals surface area contributed by atoms with E-state index in [9.17, 15) is 22.8 Å². The van der Waals surface area contributed by atoms with Crippen molar-refractivity contribution in [2.75, 3.05) is 14.2 Å². The van der Waals surface area contributed by atoms with Gasteiger partial charge in [-0.3, -0.25) is 9.35 Å². The minimum Gasteiger partial charge on any atom is -0.468 e. The lowest BCUT2D eigenvalue weighted by Crippen LogP contribution is -2.47. The highest BCUT2D eigenvalue weighted by molar-refractivity contribution is 7.85. The van der Waals surface area contributed by atoms with Gasteiger partial charge in [-0.15, -0.1) is 13.2 Å². The number of rotatable bonds is 6. The number of methoxy groups -OCH3 is 2. The summed E-state index contributed by atoms with van der Waals surface area (Å²) in [5, 5.41) is 2.57. The Morgan fingerprint density at radius 1 is 1.05 bits per heavy atom. The Balaban J connectivity index is 0.000000574. The third kappa shape index (κ3) is 8.96. The molecule has 0 spiro atoms. The summed E-state index contributed by atoms with van der Waals surface area (Å²) in [4.78, 5) is 34.1. The van der Waals surface area contributed by atoms with Crippen LogP contribution in [0.4, 0.5) is 4.79 Å². The van der Waals surface area contributed by atoms with E-state index >= 15 is 0 Å². The largest absolute Gasteiger partial charge is 1.00 e. The second kappa shape index (κ2) is 12.5. The zero-order valence-corrected chi connectivity index (χ0v) is 23.5. The molecule has 0 saturated heterocycles. The van der Waals surface area contributed by atoms with E-state index in [0.29, 0.717) is 12.8 Å². The molecular weight excluding hydrogens is 516 g/mol. The van der Waals surface area contributed by atoms with E-state index in [1.54, 1.807) is 45.1 Å². The van der Waals surface area contributed by atoms with Crippen molar-refractivity contribution in [3.63, 3.8) is 0 Å². The number of benzene rings is 1. The Morgan fingerprint density at radius 3 is 1.89 bits per heavy atom. The lowest BCUT2D eigenvalue weighted by atomic mass is 10.2. The van der Waals surface area contributed by atoms with Gasteiger partial charge in [-0.2, -0.15) is 8.42 Å². The average molecular weight is 556 g/mol. The van der Waals surface area contributed by atoms with Crippen LogP contribution in [-0.2, 0) is 33.9 Å². The third-order valence-electron chi connectivity index (χ3n) is 5.80. The fourth-order valence-electron chi connectivity index (χ4n) is 3.40. The first-order chi connectivity index (χ1) is 17.4. The molecule has 38 heavy (non-hydrogen) atoms. The van der Waals surface area contributed by atoms with Crippen molar-refractivity contribution < 1.29 is 43.0 Å². The first-order valence-electron chi connectivity index (χ1n) is 11.7. The summed E-state index contributed by atoms with van der Waals surface area (Å²) in [5.41, 5.74) is 4.23. The van der Waals surface area contributed by atoms with Crippen LogP contribution in [-0.4, -0.2) is 61.9 Å². The molecule has 1 amide bonds. The van der Waals surface area contributed by atoms with E-state index in [4.69, 9.17) is 15.0 Å². The highest BCUT2D eigenvalue weighted by atomic mass is 32.2. The molecule has 0 bridgehead atoms. The molecule has 3 rings (SSSR count). The fourth-order valence-corrected chi connectivity index (χ4v) is 3.88. The minimum atomic E-state index is -4.02. The van der Waals surface area contributed by atoms with Crippen LogP contribution in [0.15, 0.2) is 54.5 Å². The Labute approximate surface area is 225 Å². The quantitative estimate of drug-likeness (QED) is 0.205. The van der Waals surface area contributed by atoms with Crippen LogP contribution >= 0.6 is 0 Å². The molecule has 1 aromatic rings. The SMILES string of the molecule is C=C[C@@H]1C[C@@]1(N)C(=O)OC.C=C[C@@H]1C[C@@]1(NC(=O)OC(C)(C)C)C(=O)OC.Cc1ccc(S(=O)(=O)O)cc1.[H+]. The Kier molecular flexibility index (Phi) is 10.8. The molecule has 11 nitrogen and oxygen atoms in total. The molecule has 1 aromatic carbocycles. The summed E-state index contributed by atoms with van der Waals surface area (Å²) in [6.07, 6.45) is 3.88. The van der Waals surface area contributed by atoms with Crippen LogP contribution in [0.5, 0.6) is 0 Å². The van der Waals surface area contributed by atoms with Crippen LogP contribution < -0.4 is 11.1 Å². The molecule has 4 atom stereocenters. The Bertz CT molecular complexity index is 1150. The van der Waals surface area contributed by atoms with Crippen LogP contribution in [0.1, 0.15) is 40.6 Å². The van der Waals surface area contributed by atoms with Crippen molar-refractivity contribution >= 4 is 28.1 Å². The lowest BCUT2D eigenvalue weighted by Gasteiger charge is -2.22. The molecule has 2 fully saturated rings. The van der Waals surface area contributed by atoms with Crippen molar-refractivity contribution in [1.29, 1.82) is 0 Å². The number of nitrogens with two attached hydrogens (primary N) is 1. The molecule has 0 aromatic heterocycles. The normalized spacial score (nSPS) is 25.1. The zero-order valence-electron chi connectivity index (χ0n) is 23.6. The predicted molar refractivity (Wildman–Crippen MR) is 142 cm³/mol. The number of hydrogen-bond donors (Lipinski definition) is 3. The van der Waals surface area contributed by atoms with Gasteiger partial charge in [0.1, 0.15) is 16.7 Å². The van der Waals surface area contributed by atoms with Crippen molar-refractivity contribution in [2.24, 2.45) is 17.6 Å². The maximum absolute atomic E-state index is 11.6. The van der Waals surface area contributed by atoms with Gasteiger partial charge < -0.3 is 25.3 Å². The number of esters is 2. The first-order valence-corrected chi connectivity index (χ1v) is 13.1. The summed E-state index contributed by atoms with van der Waals surface area (Å²) < 4.78 is 43.8. The van der Waals surface area contributed by atoms with Crippen molar-refractivity contribution in [2.45, 2.75) is 62.1 Å². The second-order valence-electron chi connectivity index (χ2n) is 10.0. The fraction of sp³-hybridized carbons (Fsp3) is 0.500. The topological polar surface area (TPSA) is 171 Å². The molecule has 4 N–H and O–H groups in total. The summed E-state index contributed by atoms with van der Waals surface area (Å²) in [6, 6.07) is 5.99. The molecule has 2 aliphatic rings. The van der Waals surface area contributed by atoms with Crippen molar-refractivity contribution in [3.05, 3.63) is 55.1 Å². The summed E-state index contributed by atoms with van der Waals surface area (Å²) in [6.45, 7) is 14.3. The van der Waals surface area contributed by atoms with E-state index in [1.807, 2.05) is 6.92 Å². The number of nitrogens with one attached hydrogen (secondary N) is 1. The van der Waals surface area contributed by atoms with Crippen molar-refractivity contribution in [3.8, 4) is 0 Å². The van der Waals surface area contributed by atoms with E-state index < -0.39 is 38.9 Å². The number of carbonyl (C=O) groups excluding carboxylic acids is 3. The first kappa shape index (κ1) is 32.8. The third-order valence-corrected chi connectivity index (χ3v) is 6.67. The smallest absolute Gasteiger partial charge is 0.468 e. The van der Waals surface area contributed by atoms with E-state index in [2.05, 4.69) is 27.9 Å². The molecule has 2 saturated carbocycles. The molecule has 2 aliphatic carbocycles. The monoisotopic (exact) mass is 555 g/mol.